The van der Waals surface area contributed by atoms with Crippen LogP contribution in [0.5, 0.6) is 0 Å². The largest absolute Gasteiger partial charge is 0.346 e. The van der Waals surface area contributed by atoms with E-state index in [1.54, 1.807) is 16.3 Å². The second-order valence-corrected chi connectivity index (χ2v) is 6.12. The molecule has 6 heteroatoms. The van der Waals surface area contributed by atoms with Crippen LogP contribution in [0.2, 0.25) is 4.34 Å². The van der Waals surface area contributed by atoms with Crippen LogP contribution in [0.1, 0.15) is 23.2 Å². The van der Waals surface area contributed by atoms with Crippen LogP contribution in [0.15, 0.2) is 11.4 Å². The number of carbonyl (C=O) groups excluding carboxylic acids is 1. The van der Waals surface area contributed by atoms with Crippen molar-refractivity contribution in [3.8, 4) is 0 Å². The third-order valence-corrected chi connectivity index (χ3v) is 4.42. The highest BCUT2D eigenvalue weighted by molar-refractivity contribution is 7.14. The molecule has 1 spiro atoms. The Morgan fingerprint density at radius 1 is 1.44 bits per heavy atom. The van der Waals surface area contributed by atoms with Crippen LogP contribution in [0, 0.1) is 0 Å². The number of piperidine rings is 1. The number of nitrogens with zero attached hydrogens (tertiary/aromatic N) is 1. The molecule has 0 radical (unpaired) electrons. The smallest absolute Gasteiger partial charge is 0.254 e. The number of hydrogen-bond donors (Lipinski definition) is 0. The molecular formula is C12H14ClNO3S. The van der Waals surface area contributed by atoms with Crippen LogP contribution < -0.4 is 0 Å². The summed E-state index contributed by atoms with van der Waals surface area (Å²) in [6, 6.07) is 1.71. The van der Waals surface area contributed by atoms with Crippen molar-refractivity contribution in [2.75, 3.05) is 26.3 Å². The topological polar surface area (TPSA) is 38.8 Å². The average molecular weight is 288 g/mol. The number of rotatable bonds is 1. The molecule has 0 aromatic carbocycles. The summed E-state index contributed by atoms with van der Waals surface area (Å²) in [5, 5.41) is 1.79. The molecule has 0 saturated carbocycles. The Bertz CT molecular complexity index is 456. The van der Waals surface area contributed by atoms with E-state index in [9.17, 15) is 4.79 Å². The maximum Gasteiger partial charge on any atom is 0.254 e. The second-order valence-electron chi connectivity index (χ2n) is 4.58. The minimum atomic E-state index is -0.562. The zero-order valence-corrected chi connectivity index (χ0v) is 11.4. The number of hydrogen-bond acceptors (Lipinski definition) is 4. The number of carbonyl (C=O) groups is 1. The predicted molar refractivity (Wildman–Crippen MR) is 69.1 cm³/mol. The van der Waals surface area contributed by atoms with E-state index in [2.05, 4.69) is 0 Å². The normalized spacial score (nSPS) is 22.6. The monoisotopic (exact) mass is 287 g/mol. The van der Waals surface area contributed by atoms with E-state index in [-0.39, 0.29) is 5.91 Å². The molecular weight excluding hydrogens is 274 g/mol. The zero-order chi connectivity index (χ0) is 12.6. The van der Waals surface area contributed by atoms with E-state index >= 15 is 0 Å². The summed E-state index contributed by atoms with van der Waals surface area (Å²) in [6.07, 6.45) is 1.77. The number of halogens is 1. The van der Waals surface area contributed by atoms with Gasteiger partial charge in [0.15, 0.2) is 5.79 Å². The van der Waals surface area contributed by atoms with Crippen LogP contribution in [-0.4, -0.2) is 42.9 Å². The molecule has 4 nitrogen and oxygen atoms in total. The molecule has 0 atom stereocenters. The summed E-state index contributed by atoms with van der Waals surface area (Å²) in [5.41, 5.74) is 0.653. The predicted octanol–water partition coefficient (Wildman–Crippen LogP) is 2.38. The van der Waals surface area contributed by atoms with E-state index < -0.39 is 5.79 Å². The van der Waals surface area contributed by atoms with Gasteiger partial charge in [-0.05, 0) is 12.5 Å². The van der Waals surface area contributed by atoms with Crippen LogP contribution in [0.4, 0.5) is 0 Å². The SMILES string of the molecule is O=C(c1csc(Cl)c1)N1CCCC2(C1)OCCO2. The molecule has 0 unspecified atom stereocenters. The summed E-state index contributed by atoms with van der Waals surface area (Å²) in [5.74, 6) is -0.551. The molecule has 0 aliphatic carbocycles. The van der Waals surface area contributed by atoms with E-state index in [0.29, 0.717) is 29.7 Å². The number of likely N-dealkylation sites (tertiary alicyclic amines) is 1. The summed E-state index contributed by atoms with van der Waals surface area (Å²) < 4.78 is 12.0. The van der Waals surface area contributed by atoms with Crippen molar-refractivity contribution in [3.05, 3.63) is 21.3 Å². The van der Waals surface area contributed by atoms with Gasteiger partial charge in [0.05, 0.1) is 29.7 Å². The van der Waals surface area contributed by atoms with Crippen molar-refractivity contribution in [1.29, 1.82) is 0 Å². The van der Waals surface area contributed by atoms with Crippen molar-refractivity contribution in [1.82, 2.24) is 4.90 Å². The maximum absolute atomic E-state index is 12.3. The fourth-order valence-corrected chi connectivity index (χ4v) is 3.35. The lowest BCUT2D eigenvalue weighted by molar-refractivity contribution is -0.183. The van der Waals surface area contributed by atoms with Gasteiger partial charge < -0.3 is 14.4 Å². The number of thiophene rings is 1. The van der Waals surface area contributed by atoms with Crippen LogP contribution in [0.3, 0.4) is 0 Å². The highest BCUT2D eigenvalue weighted by Crippen LogP contribution is 2.31. The molecule has 2 aliphatic heterocycles. The first kappa shape index (κ1) is 12.4. The molecule has 3 heterocycles. The second kappa shape index (κ2) is 4.81. The molecule has 98 valence electrons. The Balaban J connectivity index is 1.74. The molecule has 2 fully saturated rings. The van der Waals surface area contributed by atoms with Crippen molar-refractivity contribution in [3.63, 3.8) is 0 Å². The maximum atomic E-state index is 12.3. The molecule has 1 aromatic heterocycles. The standard InChI is InChI=1S/C12H14ClNO3S/c13-10-6-9(7-18-10)11(15)14-3-1-2-12(8-14)16-4-5-17-12/h6-7H,1-5,8H2. The molecule has 1 aromatic rings. The first-order valence-electron chi connectivity index (χ1n) is 6.00. The quantitative estimate of drug-likeness (QED) is 0.796. The lowest BCUT2D eigenvalue weighted by atomic mass is 10.0. The van der Waals surface area contributed by atoms with Crippen LogP contribution in [-0.2, 0) is 9.47 Å². The Hall–Kier alpha value is -0.620. The molecule has 18 heavy (non-hydrogen) atoms. The third-order valence-electron chi connectivity index (χ3n) is 3.33. The van der Waals surface area contributed by atoms with Crippen LogP contribution in [0.25, 0.3) is 0 Å². The minimum Gasteiger partial charge on any atom is -0.346 e. The highest BCUT2D eigenvalue weighted by atomic mass is 35.5. The van der Waals surface area contributed by atoms with Gasteiger partial charge in [0.25, 0.3) is 5.91 Å². The van der Waals surface area contributed by atoms with Gasteiger partial charge in [-0.2, -0.15) is 0 Å². The highest BCUT2D eigenvalue weighted by Gasteiger charge is 2.42. The van der Waals surface area contributed by atoms with Gasteiger partial charge in [0.2, 0.25) is 0 Å². The van der Waals surface area contributed by atoms with Gasteiger partial charge in [-0.15, -0.1) is 11.3 Å². The van der Waals surface area contributed by atoms with Gasteiger partial charge in [-0.3, -0.25) is 4.79 Å². The van der Waals surface area contributed by atoms with Crippen molar-refractivity contribution >= 4 is 28.8 Å². The average Bonchev–Trinajstić information content (AvgIpc) is 2.98. The molecule has 0 N–H and O–H groups in total. The molecule has 3 rings (SSSR count). The summed E-state index contributed by atoms with van der Waals surface area (Å²) >= 11 is 7.24. The van der Waals surface area contributed by atoms with E-state index in [1.807, 2.05) is 0 Å². The Morgan fingerprint density at radius 3 is 2.89 bits per heavy atom. The van der Waals surface area contributed by atoms with E-state index in [4.69, 9.17) is 21.1 Å². The lowest BCUT2D eigenvalue weighted by Gasteiger charge is -2.38. The number of amides is 1. The molecule has 2 aliphatic rings. The van der Waals surface area contributed by atoms with Crippen LogP contribution >= 0.6 is 22.9 Å². The summed E-state index contributed by atoms with van der Waals surface area (Å²) in [7, 11) is 0. The molecule has 2 saturated heterocycles. The minimum absolute atomic E-state index is 0.0105. The zero-order valence-electron chi connectivity index (χ0n) is 9.86. The Morgan fingerprint density at radius 2 is 2.22 bits per heavy atom. The first-order valence-corrected chi connectivity index (χ1v) is 7.26. The van der Waals surface area contributed by atoms with Gasteiger partial charge in [0, 0.05) is 18.3 Å². The molecule has 1 amide bonds. The van der Waals surface area contributed by atoms with E-state index in [0.717, 1.165) is 19.4 Å². The summed E-state index contributed by atoms with van der Waals surface area (Å²) in [4.78, 5) is 14.1. The summed E-state index contributed by atoms with van der Waals surface area (Å²) in [6.45, 7) is 2.50. The number of ether oxygens (including phenoxy) is 2. The van der Waals surface area contributed by atoms with E-state index in [1.165, 1.54) is 11.3 Å². The fourth-order valence-electron chi connectivity index (χ4n) is 2.50. The van der Waals surface area contributed by atoms with Crippen molar-refractivity contribution < 1.29 is 14.3 Å². The van der Waals surface area contributed by atoms with Gasteiger partial charge in [-0.25, -0.2) is 0 Å². The van der Waals surface area contributed by atoms with Gasteiger partial charge >= 0.3 is 0 Å². The van der Waals surface area contributed by atoms with Crippen molar-refractivity contribution in [2.45, 2.75) is 18.6 Å². The van der Waals surface area contributed by atoms with Crippen molar-refractivity contribution in [2.24, 2.45) is 0 Å². The lowest BCUT2D eigenvalue weighted by Crippen LogP contribution is -2.50. The first-order chi connectivity index (χ1) is 8.69. The van der Waals surface area contributed by atoms with Gasteiger partial charge in [0.1, 0.15) is 0 Å². The third kappa shape index (κ3) is 2.28. The van der Waals surface area contributed by atoms with Gasteiger partial charge in [-0.1, -0.05) is 11.6 Å². The molecule has 0 bridgehead atoms. The Kier molecular flexibility index (Phi) is 3.32. The Labute approximate surface area is 114 Å². The fraction of sp³-hybridized carbons (Fsp3) is 0.583.